The number of halogens is 2. The summed E-state index contributed by atoms with van der Waals surface area (Å²) in [6.07, 6.45) is 0. The van der Waals surface area contributed by atoms with Crippen molar-refractivity contribution in [1.29, 1.82) is 0 Å². The summed E-state index contributed by atoms with van der Waals surface area (Å²) in [5.41, 5.74) is 0.919. The largest absolute Gasteiger partial charge is 0.308 e. The highest BCUT2D eigenvalue weighted by molar-refractivity contribution is 9.08. The first-order valence-corrected chi connectivity index (χ1v) is 6.89. The summed E-state index contributed by atoms with van der Waals surface area (Å²) in [5, 5.41) is 9.80. The van der Waals surface area contributed by atoms with Gasteiger partial charge in [-0.25, -0.2) is 0 Å². The molecule has 0 fully saturated rings. The van der Waals surface area contributed by atoms with Crippen LogP contribution >= 0.6 is 27.5 Å². The van der Waals surface area contributed by atoms with Gasteiger partial charge < -0.3 is 4.57 Å². The summed E-state index contributed by atoms with van der Waals surface area (Å²) in [7, 11) is 0. The van der Waals surface area contributed by atoms with Crippen molar-refractivity contribution in [3.05, 3.63) is 35.1 Å². The number of aromatic nitrogens is 3. The van der Waals surface area contributed by atoms with Crippen LogP contribution in [-0.2, 0) is 5.33 Å². The molecule has 3 nitrogen and oxygen atoms in total. The molecule has 0 aliphatic rings. The molecule has 1 aromatic heterocycles. The van der Waals surface area contributed by atoms with Crippen LogP contribution in [0.15, 0.2) is 24.3 Å². The Labute approximate surface area is 114 Å². The molecule has 1 heterocycles. The highest BCUT2D eigenvalue weighted by Gasteiger charge is 2.16. The van der Waals surface area contributed by atoms with Crippen LogP contribution in [0.4, 0.5) is 0 Å². The maximum atomic E-state index is 6.20. The SMILES string of the molecule is CC(C)n1c(CBr)nnc1-c1ccccc1Cl. The Hall–Kier alpha value is -0.870. The van der Waals surface area contributed by atoms with Crippen molar-refractivity contribution in [3.63, 3.8) is 0 Å². The van der Waals surface area contributed by atoms with Gasteiger partial charge in [-0.2, -0.15) is 0 Å². The smallest absolute Gasteiger partial charge is 0.165 e. The minimum atomic E-state index is 0.295. The van der Waals surface area contributed by atoms with Crippen LogP contribution in [0.3, 0.4) is 0 Å². The molecule has 0 saturated heterocycles. The molecule has 0 amide bonds. The molecule has 0 unspecified atom stereocenters. The molecule has 0 aliphatic carbocycles. The maximum absolute atomic E-state index is 6.20. The van der Waals surface area contributed by atoms with Gasteiger partial charge in [0.2, 0.25) is 0 Å². The van der Waals surface area contributed by atoms with Gasteiger partial charge in [-0.05, 0) is 26.0 Å². The minimum Gasteiger partial charge on any atom is -0.308 e. The molecule has 90 valence electrons. The van der Waals surface area contributed by atoms with E-state index in [1.807, 2.05) is 24.3 Å². The molecule has 0 spiro atoms. The van der Waals surface area contributed by atoms with Gasteiger partial charge in [0.05, 0.1) is 10.4 Å². The fourth-order valence-electron chi connectivity index (χ4n) is 1.78. The first-order chi connectivity index (χ1) is 8.15. The summed E-state index contributed by atoms with van der Waals surface area (Å²) in [4.78, 5) is 0. The lowest BCUT2D eigenvalue weighted by molar-refractivity contribution is 0.586. The van der Waals surface area contributed by atoms with Gasteiger partial charge in [0.1, 0.15) is 5.82 Å². The van der Waals surface area contributed by atoms with Crippen molar-refractivity contribution in [3.8, 4) is 11.4 Å². The summed E-state index contributed by atoms with van der Waals surface area (Å²) in [6, 6.07) is 7.98. The molecule has 0 aliphatic heterocycles. The molecule has 0 saturated carbocycles. The second-order valence-electron chi connectivity index (χ2n) is 4.02. The van der Waals surface area contributed by atoms with E-state index in [0.717, 1.165) is 17.2 Å². The zero-order valence-electron chi connectivity index (χ0n) is 9.69. The first kappa shape index (κ1) is 12.6. The molecule has 1 aromatic carbocycles. The number of benzene rings is 1. The fraction of sp³-hybridized carbons (Fsp3) is 0.333. The van der Waals surface area contributed by atoms with Crippen LogP contribution in [0, 0.1) is 0 Å². The van der Waals surface area contributed by atoms with E-state index in [0.29, 0.717) is 16.4 Å². The first-order valence-electron chi connectivity index (χ1n) is 5.39. The Morgan fingerprint density at radius 3 is 2.59 bits per heavy atom. The van der Waals surface area contributed by atoms with E-state index in [-0.39, 0.29) is 0 Å². The van der Waals surface area contributed by atoms with Crippen LogP contribution in [-0.4, -0.2) is 14.8 Å². The lowest BCUT2D eigenvalue weighted by Crippen LogP contribution is -2.07. The van der Waals surface area contributed by atoms with Gasteiger partial charge in [-0.3, -0.25) is 0 Å². The van der Waals surface area contributed by atoms with Crippen LogP contribution in [0.5, 0.6) is 0 Å². The number of alkyl halides is 1. The number of hydrogen-bond acceptors (Lipinski definition) is 2. The topological polar surface area (TPSA) is 30.7 Å². The lowest BCUT2D eigenvalue weighted by Gasteiger charge is -2.13. The van der Waals surface area contributed by atoms with Gasteiger partial charge in [-0.1, -0.05) is 39.7 Å². The lowest BCUT2D eigenvalue weighted by atomic mass is 10.2. The third-order valence-electron chi connectivity index (χ3n) is 2.52. The molecule has 0 N–H and O–H groups in total. The zero-order valence-corrected chi connectivity index (χ0v) is 12.0. The van der Waals surface area contributed by atoms with Crippen LogP contribution in [0.25, 0.3) is 11.4 Å². The Morgan fingerprint density at radius 2 is 2.00 bits per heavy atom. The second kappa shape index (κ2) is 5.19. The number of rotatable bonds is 3. The average molecular weight is 315 g/mol. The van der Waals surface area contributed by atoms with Crippen LogP contribution < -0.4 is 0 Å². The van der Waals surface area contributed by atoms with E-state index in [1.165, 1.54) is 0 Å². The summed E-state index contributed by atoms with van der Waals surface area (Å²) >= 11 is 9.62. The van der Waals surface area contributed by atoms with Gasteiger partial charge in [-0.15, -0.1) is 10.2 Å². The molecule has 5 heteroatoms. The Morgan fingerprint density at radius 1 is 1.29 bits per heavy atom. The zero-order chi connectivity index (χ0) is 12.4. The van der Waals surface area contributed by atoms with E-state index in [4.69, 9.17) is 11.6 Å². The van der Waals surface area contributed by atoms with E-state index < -0.39 is 0 Å². The van der Waals surface area contributed by atoms with Crippen LogP contribution in [0.2, 0.25) is 5.02 Å². The second-order valence-corrected chi connectivity index (χ2v) is 4.98. The van der Waals surface area contributed by atoms with E-state index in [1.54, 1.807) is 0 Å². The molecular formula is C12H13BrClN3. The van der Waals surface area contributed by atoms with Crippen molar-refractivity contribution in [2.45, 2.75) is 25.2 Å². The molecule has 0 atom stereocenters. The molecule has 2 rings (SSSR count). The van der Waals surface area contributed by atoms with Gasteiger partial charge >= 0.3 is 0 Å². The Bertz CT molecular complexity index is 522. The monoisotopic (exact) mass is 313 g/mol. The fourth-order valence-corrected chi connectivity index (χ4v) is 2.39. The van der Waals surface area contributed by atoms with Crippen molar-refractivity contribution in [2.75, 3.05) is 0 Å². The highest BCUT2D eigenvalue weighted by Crippen LogP contribution is 2.29. The molecule has 0 radical (unpaired) electrons. The summed E-state index contributed by atoms with van der Waals surface area (Å²) in [6.45, 7) is 4.21. The maximum Gasteiger partial charge on any atom is 0.165 e. The Kier molecular flexibility index (Phi) is 3.84. The molecule has 17 heavy (non-hydrogen) atoms. The third-order valence-corrected chi connectivity index (χ3v) is 3.35. The van der Waals surface area contributed by atoms with Crippen molar-refractivity contribution in [1.82, 2.24) is 14.8 Å². The predicted molar refractivity (Wildman–Crippen MR) is 73.5 cm³/mol. The highest BCUT2D eigenvalue weighted by atomic mass is 79.9. The standard InChI is InChI=1S/C12H13BrClN3/c1-8(2)17-11(7-13)15-16-12(17)9-5-3-4-6-10(9)14/h3-6,8H,7H2,1-2H3. The summed E-state index contributed by atoms with van der Waals surface area (Å²) < 4.78 is 2.09. The number of hydrogen-bond donors (Lipinski definition) is 0. The quantitative estimate of drug-likeness (QED) is 0.799. The predicted octanol–water partition coefficient (Wildman–Crippen LogP) is 4.07. The third kappa shape index (κ3) is 2.38. The van der Waals surface area contributed by atoms with Crippen molar-refractivity contribution < 1.29 is 0 Å². The average Bonchev–Trinajstić information content (AvgIpc) is 2.73. The van der Waals surface area contributed by atoms with E-state index in [2.05, 4.69) is 44.5 Å². The Balaban J connectivity index is 2.60. The minimum absolute atomic E-state index is 0.295. The van der Waals surface area contributed by atoms with Gasteiger partial charge in [0.25, 0.3) is 0 Å². The van der Waals surface area contributed by atoms with E-state index in [9.17, 15) is 0 Å². The van der Waals surface area contributed by atoms with Crippen molar-refractivity contribution in [2.24, 2.45) is 0 Å². The van der Waals surface area contributed by atoms with Crippen LogP contribution in [0.1, 0.15) is 25.7 Å². The molecule has 0 bridgehead atoms. The van der Waals surface area contributed by atoms with E-state index >= 15 is 0 Å². The number of nitrogens with zero attached hydrogens (tertiary/aromatic N) is 3. The normalized spacial score (nSPS) is 11.1. The molecular weight excluding hydrogens is 302 g/mol. The van der Waals surface area contributed by atoms with Crippen molar-refractivity contribution >= 4 is 27.5 Å². The van der Waals surface area contributed by atoms with Gasteiger partial charge in [0, 0.05) is 11.6 Å². The summed E-state index contributed by atoms with van der Waals surface area (Å²) in [5.74, 6) is 1.73. The van der Waals surface area contributed by atoms with Gasteiger partial charge in [0.15, 0.2) is 5.82 Å². The molecule has 2 aromatic rings.